The molecule has 0 spiro atoms. The number of hydrogen-bond donors (Lipinski definition) is 1. The molecule has 0 radical (unpaired) electrons. The monoisotopic (exact) mass is 335 g/mol. The van der Waals surface area contributed by atoms with Gasteiger partial charge in [0.1, 0.15) is 0 Å². The smallest absolute Gasteiger partial charge is 0.193 e. The third-order valence-corrected chi connectivity index (χ3v) is 4.40. The Hall–Kier alpha value is -1.17. The van der Waals surface area contributed by atoms with Gasteiger partial charge < -0.3 is 5.32 Å². The highest BCUT2D eigenvalue weighted by Gasteiger charge is 2.07. The summed E-state index contributed by atoms with van der Waals surface area (Å²) in [6.45, 7) is 2.95. The summed E-state index contributed by atoms with van der Waals surface area (Å²) in [4.78, 5) is 5.61. The van der Waals surface area contributed by atoms with Crippen molar-refractivity contribution in [2.75, 3.05) is 0 Å². The van der Waals surface area contributed by atoms with Crippen molar-refractivity contribution in [2.45, 2.75) is 19.5 Å². The molecule has 0 bridgehead atoms. The Kier molecular flexibility index (Phi) is 3.68. The molecular formula is C14H14BrN3S. The van der Waals surface area contributed by atoms with Crippen LogP contribution >= 0.6 is 27.3 Å². The van der Waals surface area contributed by atoms with Gasteiger partial charge in [0.05, 0.1) is 5.69 Å². The summed E-state index contributed by atoms with van der Waals surface area (Å²) in [5.74, 6) is 0. The number of halogens is 1. The SMILES string of the molecule is C[C@@H](NCc1cn2ccsc2n1)c1ccc(Br)cc1. The van der Waals surface area contributed by atoms with E-state index in [1.165, 1.54) is 5.56 Å². The summed E-state index contributed by atoms with van der Waals surface area (Å²) in [6.07, 6.45) is 4.11. The van der Waals surface area contributed by atoms with E-state index < -0.39 is 0 Å². The summed E-state index contributed by atoms with van der Waals surface area (Å²) in [7, 11) is 0. The second-order valence-corrected chi connectivity index (χ2v) is 6.27. The van der Waals surface area contributed by atoms with Crippen molar-refractivity contribution in [3.05, 3.63) is 57.8 Å². The quantitative estimate of drug-likeness (QED) is 0.780. The van der Waals surface area contributed by atoms with Crippen molar-refractivity contribution in [3.63, 3.8) is 0 Å². The van der Waals surface area contributed by atoms with Gasteiger partial charge >= 0.3 is 0 Å². The minimum absolute atomic E-state index is 0.313. The Balaban J connectivity index is 1.65. The lowest BCUT2D eigenvalue weighted by Gasteiger charge is -2.13. The zero-order valence-electron chi connectivity index (χ0n) is 10.5. The third kappa shape index (κ3) is 2.88. The first-order valence-electron chi connectivity index (χ1n) is 6.12. The van der Waals surface area contributed by atoms with Gasteiger partial charge in [-0.1, -0.05) is 28.1 Å². The van der Waals surface area contributed by atoms with Crippen LogP contribution in [0.2, 0.25) is 0 Å². The molecule has 0 fully saturated rings. The Bertz CT molecular complexity index is 643. The van der Waals surface area contributed by atoms with Crippen LogP contribution in [-0.2, 0) is 6.54 Å². The van der Waals surface area contributed by atoms with E-state index in [4.69, 9.17) is 0 Å². The molecule has 0 aliphatic heterocycles. The topological polar surface area (TPSA) is 29.3 Å². The first-order chi connectivity index (χ1) is 9.22. The van der Waals surface area contributed by atoms with Gasteiger partial charge in [-0.3, -0.25) is 4.40 Å². The Morgan fingerprint density at radius 1 is 1.37 bits per heavy atom. The predicted molar refractivity (Wildman–Crippen MR) is 82.5 cm³/mol. The zero-order valence-corrected chi connectivity index (χ0v) is 12.9. The van der Waals surface area contributed by atoms with Gasteiger partial charge in [-0.25, -0.2) is 4.98 Å². The molecule has 5 heteroatoms. The molecule has 3 nitrogen and oxygen atoms in total. The van der Waals surface area contributed by atoms with Crippen molar-refractivity contribution in [2.24, 2.45) is 0 Å². The second kappa shape index (κ2) is 5.45. The summed E-state index contributed by atoms with van der Waals surface area (Å²) in [5.41, 5.74) is 2.36. The largest absolute Gasteiger partial charge is 0.305 e. The molecule has 3 aromatic rings. The minimum atomic E-state index is 0.313. The fraction of sp³-hybridized carbons (Fsp3) is 0.214. The Morgan fingerprint density at radius 2 is 2.16 bits per heavy atom. The van der Waals surface area contributed by atoms with Gasteiger partial charge in [0.25, 0.3) is 0 Å². The van der Waals surface area contributed by atoms with Gasteiger partial charge in [0.2, 0.25) is 0 Å². The molecule has 0 unspecified atom stereocenters. The molecule has 0 aliphatic carbocycles. The lowest BCUT2D eigenvalue weighted by Crippen LogP contribution is -2.18. The summed E-state index contributed by atoms with van der Waals surface area (Å²) in [5, 5.41) is 5.54. The average Bonchev–Trinajstić information content (AvgIpc) is 2.97. The molecule has 0 amide bonds. The first-order valence-corrected chi connectivity index (χ1v) is 7.79. The van der Waals surface area contributed by atoms with E-state index in [9.17, 15) is 0 Å². The maximum atomic E-state index is 4.56. The number of aromatic nitrogens is 2. The van der Waals surface area contributed by atoms with Crippen molar-refractivity contribution in [1.82, 2.24) is 14.7 Å². The number of imidazole rings is 1. The summed E-state index contributed by atoms with van der Waals surface area (Å²) < 4.78 is 3.17. The number of nitrogens with one attached hydrogen (secondary N) is 1. The van der Waals surface area contributed by atoms with Gasteiger partial charge in [-0.05, 0) is 24.6 Å². The van der Waals surface area contributed by atoms with Crippen LogP contribution in [0, 0.1) is 0 Å². The highest BCUT2D eigenvalue weighted by molar-refractivity contribution is 9.10. The Labute approximate surface area is 124 Å². The number of fused-ring (bicyclic) bond motifs is 1. The van der Waals surface area contributed by atoms with E-state index in [0.717, 1.165) is 21.7 Å². The number of benzene rings is 1. The van der Waals surface area contributed by atoms with Gasteiger partial charge in [0.15, 0.2) is 4.96 Å². The van der Waals surface area contributed by atoms with Crippen molar-refractivity contribution in [1.29, 1.82) is 0 Å². The molecule has 0 aliphatic rings. The lowest BCUT2D eigenvalue weighted by atomic mass is 10.1. The number of nitrogens with zero attached hydrogens (tertiary/aromatic N) is 2. The zero-order chi connectivity index (χ0) is 13.2. The molecule has 2 aromatic heterocycles. The number of rotatable bonds is 4. The van der Waals surface area contributed by atoms with Gasteiger partial charge in [-0.2, -0.15) is 0 Å². The predicted octanol–water partition coefficient (Wildman–Crippen LogP) is 4.01. The van der Waals surface area contributed by atoms with Gasteiger partial charge in [0, 0.05) is 34.8 Å². The van der Waals surface area contributed by atoms with Crippen LogP contribution in [0.3, 0.4) is 0 Å². The first kappa shape index (κ1) is 12.8. The van der Waals surface area contributed by atoms with E-state index in [0.29, 0.717) is 6.04 Å². The van der Waals surface area contributed by atoms with Crippen molar-refractivity contribution >= 4 is 32.2 Å². The summed E-state index contributed by atoms with van der Waals surface area (Å²) in [6, 6.07) is 8.72. The van der Waals surface area contributed by atoms with Crippen LogP contribution in [-0.4, -0.2) is 9.38 Å². The fourth-order valence-electron chi connectivity index (χ4n) is 1.99. The molecule has 1 atom stereocenters. The second-order valence-electron chi connectivity index (χ2n) is 4.48. The van der Waals surface area contributed by atoms with Crippen LogP contribution in [0.1, 0.15) is 24.2 Å². The number of hydrogen-bond acceptors (Lipinski definition) is 3. The fourth-order valence-corrected chi connectivity index (χ4v) is 2.97. The highest BCUT2D eigenvalue weighted by Crippen LogP contribution is 2.17. The normalized spacial score (nSPS) is 12.9. The maximum Gasteiger partial charge on any atom is 0.193 e. The molecule has 3 rings (SSSR count). The van der Waals surface area contributed by atoms with E-state index in [1.807, 2.05) is 11.6 Å². The highest BCUT2D eigenvalue weighted by atomic mass is 79.9. The van der Waals surface area contributed by atoms with Crippen molar-refractivity contribution < 1.29 is 0 Å². The van der Waals surface area contributed by atoms with E-state index in [1.54, 1.807) is 11.3 Å². The molecule has 0 saturated heterocycles. The van der Waals surface area contributed by atoms with Crippen LogP contribution in [0.4, 0.5) is 0 Å². The number of thiazole rings is 1. The van der Waals surface area contributed by atoms with E-state index in [-0.39, 0.29) is 0 Å². The van der Waals surface area contributed by atoms with Crippen LogP contribution in [0.15, 0.2) is 46.5 Å². The third-order valence-electron chi connectivity index (χ3n) is 3.10. The molecule has 1 N–H and O–H groups in total. The lowest BCUT2D eigenvalue weighted by molar-refractivity contribution is 0.569. The van der Waals surface area contributed by atoms with Crippen LogP contribution in [0.5, 0.6) is 0 Å². The average molecular weight is 336 g/mol. The molecule has 2 heterocycles. The molecule has 1 aromatic carbocycles. The Morgan fingerprint density at radius 3 is 2.89 bits per heavy atom. The van der Waals surface area contributed by atoms with E-state index >= 15 is 0 Å². The molecule has 0 saturated carbocycles. The summed E-state index contributed by atoms with van der Waals surface area (Å²) >= 11 is 5.11. The van der Waals surface area contributed by atoms with Crippen molar-refractivity contribution in [3.8, 4) is 0 Å². The van der Waals surface area contributed by atoms with E-state index in [2.05, 4.69) is 68.0 Å². The molecular weight excluding hydrogens is 322 g/mol. The van der Waals surface area contributed by atoms with Gasteiger partial charge in [-0.15, -0.1) is 11.3 Å². The van der Waals surface area contributed by atoms with Crippen LogP contribution < -0.4 is 5.32 Å². The molecule has 98 valence electrons. The standard InChI is InChI=1S/C14H14BrN3S/c1-10(11-2-4-12(15)5-3-11)16-8-13-9-18-6-7-19-14(18)17-13/h2-7,9-10,16H,8H2,1H3/t10-/m1/s1. The molecule has 19 heavy (non-hydrogen) atoms. The van der Waals surface area contributed by atoms with Crippen LogP contribution in [0.25, 0.3) is 4.96 Å². The maximum absolute atomic E-state index is 4.56. The minimum Gasteiger partial charge on any atom is -0.305 e.